The van der Waals surface area contributed by atoms with Gasteiger partial charge in [0, 0.05) is 18.8 Å². The van der Waals surface area contributed by atoms with E-state index in [1.54, 1.807) is 0 Å². The van der Waals surface area contributed by atoms with E-state index in [0.717, 1.165) is 24.3 Å². The molecule has 3 rings (SSSR count). The summed E-state index contributed by atoms with van der Waals surface area (Å²) in [5.74, 6) is 0.00228. The van der Waals surface area contributed by atoms with Crippen molar-refractivity contribution in [2.45, 2.75) is 20.0 Å². The summed E-state index contributed by atoms with van der Waals surface area (Å²) in [4.78, 5) is 14.7. The lowest BCUT2D eigenvalue weighted by Gasteiger charge is -2.22. The molecule has 0 saturated heterocycles. The van der Waals surface area contributed by atoms with E-state index in [1.165, 1.54) is 11.1 Å². The van der Waals surface area contributed by atoms with E-state index in [4.69, 9.17) is 0 Å². The molecule has 3 aromatic carbocycles. The summed E-state index contributed by atoms with van der Waals surface area (Å²) in [6, 6.07) is 28.4. The molecule has 0 unspecified atom stereocenters. The van der Waals surface area contributed by atoms with Gasteiger partial charge >= 0.3 is 0 Å². The van der Waals surface area contributed by atoms with Crippen LogP contribution in [0, 0.1) is 6.92 Å². The van der Waals surface area contributed by atoms with Crippen LogP contribution in [0.25, 0.3) is 0 Å². The molecule has 1 amide bonds. The zero-order chi connectivity index (χ0) is 18.2. The van der Waals surface area contributed by atoms with Crippen LogP contribution in [0.1, 0.15) is 16.7 Å². The number of carbonyl (C=O) groups excluding carboxylic acids is 1. The Morgan fingerprint density at radius 2 is 1.38 bits per heavy atom. The van der Waals surface area contributed by atoms with E-state index in [2.05, 4.69) is 34.5 Å². The van der Waals surface area contributed by atoms with Crippen molar-refractivity contribution < 1.29 is 4.79 Å². The number of nitrogens with zero attached hydrogens (tertiary/aromatic N) is 1. The third kappa shape index (κ3) is 5.57. The molecule has 3 nitrogen and oxygen atoms in total. The lowest BCUT2D eigenvalue weighted by atomic mass is 10.1. The van der Waals surface area contributed by atoms with Crippen LogP contribution >= 0.6 is 0 Å². The Balaban J connectivity index is 1.68. The predicted molar refractivity (Wildman–Crippen MR) is 107 cm³/mol. The summed E-state index contributed by atoms with van der Waals surface area (Å²) in [7, 11) is 0. The minimum absolute atomic E-state index is 0.00228. The highest BCUT2D eigenvalue weighted by atomic mass is 16.2. The van der Waals surface area contributed by atoms with Gasteiger partial charge in [0.15, 0.2) is 0 Å². The maximum absolute atomic E-state index is 12.6. The molecule has 0 heterocycles. The normalized spacial score (nSPS) is 10.7. The Morgan fingerprint density at radius 3 is 1.92 bits per heavy atom. The summed E-state index contributed by atoms with van der Waals surface area (Å²) in [5.41, 5.74) is 4.38. The second kappa shape index (κ2) is 8.97. The van der Waals surface area contributed by atoms with Crippen molar-refractivity contribution in [2.75, 3.05) is 11.9 Å². The minimum Gasteiger partial charge on any atom is -0.325 e. The van der Waals surface area contributed by atoms with Crippen molar-refractivity contribution >= 4 is 11.6 Å². The van der Waals surface area contributed by atoms with Gasteiger partial charge < -0.3 is 5.32 Å². The van der Waals surface area contributed by atoms with Crippen LogP contribution in [0.3, 0.4) is 0 Å². The summed E-state index contributed by atoms with van der Waals surface area (Å²) >= 11 is 0. The van der Waals surface area contributed by atoms with Crippen LogP contribution in [-0.4, -0.2) is 17.4 Å². The first-order valence-electron chi connectivity index (χ1n) is 8.86. The number of nitrogens with one attached hydrogen (secondary N) is 1. The molecule has 3 aromatic rings. The number of hydrogen-bond donors (Lipinski definition) is 1. The first-order chi connectivity index (χ1) is 12.7. The Kier molecular flexibility index (Phi) is 6.18. The molecule has 0 spiro atoms. The SMILES string of the molecule is Cc1cccc(NC(=O)CN(Cc2ccccc2)Cc2ccccc2)c1. The van der Waals surface area contributed by atoms with Gasteiger partial charge in [-0.25, -0.2) is 0 Å². The second-order valence-electron chi connectivity index (χ2n) is 6.53. The van der Waals surface area contributed by atoms with Crippen molar-refractivity contribution in [1.29, 1.82) is 0 Å². The van der Waals surface area contributed by atoms with Gasteiger partial charge in [0.2, 0.25) is 5.91 Å². The average molecular weight is 344 g/mol. The van der Waals surface area contributed by atoms with E-state index < -0.39 is 0 Å². The molecular weight excluding hydrogens is 320 g/mol. The molecule has 0 atom stereocenters. The second-order valence-corrected chi connectivity index (χ2v) is 6.53. The topological polar surface area (TPSA) is 32.3 Å². The maximum Gasteiger partial charge on any atom is 0.238 e. The zero-order valence-electron chi connectivity index (χ0n) is 15.1. The molecule has 0 fully saturated rings. The first kappa shape index (κ1) is 17.9. The highest BCUT2D eigenvalue weighted by Crippen LogP contribution is 2.12. The van der Waals surface area contributed by atoms with Crippen LogP contribution in [0.5, 0.6) is 0 Å². The number of hydrogen-bond acceptors (Lipinski definition) is 2. The molecule has 0 bridgehead atoms. The van der Waals surface area contributed by atoms with E-state index >= 15 is 0 Å². The molecule has 0 aliphatic rings. The number of amides is 1. The third-order valence-corrected chi connectivity index (χ3v) is 4.17. The van der Waals surface area contributed by atoms with Gasteiger partial charge in [-0.2, -0.15) is 0 Å². The number of benzene rings is 3. The summed E-state index contributed by atoms with van der Waals surface area (Å²) in [6.45, 7) is 3.83. The molecule has 0 aliphatic carbocycles. The smallest absolute Gasteiger partial charge is 0.238 e. The molecule has 0 radical (unpaired) electrons. The number of aryl methyl sites for hydroxylation is 1. The van der Waals surface area contributed by atoms with E-state index in [1.807, 2.05) is 67.6 Å². The van der Waals surface area contributed by atoms with Gasteiger partial charge in [-0.1, -0.05) is 72.8 Å². The summed E-state index contributed by atoms with van der Waals surface area (Å²) in [5, 5.41) is 3.00. The molecule has 0 aliphatic heterocycles. The maximum atomic E-state index is 12.6. The van der Waals surface area contributed by atoms with E-state index in [9.17, 15) is 4.79 Å². The van der Waals surface area contributed by atoms with E-state index in [-0.39, 0.29) is 5.91 Å². The number of rotatable bonds is 7. The molecule has 0 saturated carbocycles. The third-order valence-electron chi connectivity index (χ3n) is 4.17. The molecule has 132 valence electrons. The van der Waals surface area contributed by atoms with Gasteiger partial charge in [-0.3, -0.25) is 9.69 Å². The largest absolute Gasteiger partial charge is 0.325 e. The highest BCUT2D eigenvalue weighted by molar-refractivity contribution is 5.92. The van der Waals surface area contributed by atoms with Gasteiger partial charge in [0.05, 0.1) is 6.54 Å². The Morgan fingerprint density at radius 1 is 0.808 bits per heavy atom. The standard InChI is InChI=1S/C23H24N2O/c1-19-9-8-14-22(15-19)24-23(26)18-25(16-20-10-4-2-5-11-20)17-21-12-6-3-7-13-21/h2-15H,16-18H2,1H3,(H,24,26). The lowest BCUT2D eigenvalue weighted by molar-refractivity contribution is -0.117. The van der Waals surface area contributed by atoms with Gasteiger partial charge in [-0.15, -0.1) is 0 Å². The first-order valence-corrected chi connectivity index (χ1v) is 8.86. The molecule has 0 aromatic heterocycles. The Bertz CT molecular complexity index is 790. The van der Waals surface area contributed by atoms with Gasteiger partial charge in [0.1, 0.15) is 0 Å². The Labute approximate surface area is 155 Å². The van der Waals surface area contributed by atoms with E-state index in [0.29, 0.717) is 6.54 Å². The number of anilines is 1. The van der Waals surface area contributed by atoms with Crippen molar-refractivity contribution in [1.82, 2.24) is 4.90 Å². The fourth-order valence-corrected chi connectivity index (χ4v) is 2.98. The summed E-state index contributed by atoms with van der Waals surface area (Å²) in [6.07, 6.45) is 0. The van der Waals surface area contributed by atoms with Crippen molar-refractivity contribution in [2.24, 2.45) is 0 Å². The zero-order valence-corrected chi connectivity index (χ0v) is 15.1. The monoisotopic (exact) mass is 344 g/mol. The molecule has 26 heavy (non-hydrogen) atoms. The quantitative estimate of drug-likeness (QED) is 0.677. The van der Waals surface area contributed by atoms with Crippen LogP contribution in [-0.2, 0) is 17.9 Å². The summed E-state index contributed by atoms with van der Waals surface area (Å²) < 4.78 is 0. The average Bonchev–Trinajstić information content (AvgIpc) is 2.63. The van der Waals surface area contributed by atoms with Crippen molar-refractivity contribution in [3.63, 3.8) is 0 Å². The molecular formula is C23H24N2O. The molecule has 3 heteroatoms. The van der Waals surface area contributed by atoms with Crippen molar-refractivity contribution in [3.05, 3.63) is 102 Å². The minimum atomic E-state index is 0.00228. The lowest BCUT2D eigenvalue weighted by Crippen LogP contribution is -2.32. The van der Waals surface area contributed by atoms with Gasteiger partial charge in [0.25, 0.3) is 0 Å². The van der Waals surface area contributed by atoms with Crippen LogP contribution in [0.4, 0.5) is 5.69 Å². The fraction of sp³-hybridized carbons (Fsp3) is 0.174. The molecule has 1 N–H and O–H groups in total. The van der Waals surface area contributed by atoms with Crippen LogP contribution in [0.15, 0.2) is 84.9 Å². The fourth-order valence-electron chi connectivity index (χ4n) is 2.98. The highest BCUT2D eigenvalue weighted by Gasteiger charge is 2.12. The van der Waals surface area contributed by atoms with Crippen LogP contribution in [0.2, 0.25) is 0 Å². The van der Waals surface area contributed by atoms with Crippen molar-refractivity contribution in [3.8, 4) is 0 Å². The number of carbonyl (C=O) groups is 1. The predicted octanol–water partition coefficient (Wildman–Crippen LogP) is 4.64. The Hall–Kier alpha value is -2.91. The van der Waals surface area contributed by atoms with Gasteiger partial charge in [-0.05, 0) is 35.7 Å². The van der Waals surface area contributed by atoms with Crippen LogP contribution < -0.4 is 5.32 Å².